The zero-order chi connectivity index (χ0) is 12.5. The second-order valence-electron chi connectivity index (χ2n) is 4.41. The van der Waals surface area contributed by atoms with Crippen molar-refractivity contribution >= 4 is 11.0 Å². The molecule has 3 nitrogen and oxygen atoms in total. The number of aromatic nitrogens is 3. The lowest BCUT2D eigenvalue weighted by molar-refractivity contribution is 1.15. The summed E-state index contributed by atoms with van der Waals surface area (Å²) in [6, 6.07) is 10.2. The third-order valence-corrected chi connectivity index (χ3v) is 3.22. The Labute approximate surface area is 106 Å². The van der Waals surface area contributed by atoms with Crippen LogP contribution in [0.5, 0.6) is 0 Å². The van der Waals surface area contributed by atoms with E-state index in [4.69, 9.17) is 0 Å². The predicted molar refractivity (Wildman–Crippen MR) is 72.3 cm³/mol. The molecule has 0 atom stereocenters. The number of fused-ring (bicyclic) bond motifs is 1. The summed E-state index contributed by atoms with van der Waals surface area (Å²) in [5.74, 6) is 0. The van der Waals surface area contributed by atoms with Crippen LogP contribution in [0.3, 0.4) is 0 Å². The zero-order valence-corrected chi connectivity index (χ0v) is 10.4. The Hall–Kier alpha value is -2.16. The van der Waals surface area contributed by atoms with Crippen LogP contribution in [-0.4, -0.2) is 15.0 Å². The molecule has 0 aliphatic rings. The molecule has 2 heterocycles. The fraction of sp³-hybridized carbons (Fsp3) is 0.133. The molecule has 0 saturated heterocycles. The van der Waals surface area contributed by atoms with Crippen LogP contribution in [0.15, 0.2) is 36.7 Å². The molecule has 3 aromatic rings. The lowest BCUT2D eigenvalue weighted by atomic mass is 10.1. The Morgan fingerprint density at radius 1 is 1.06 bits per heavy atom. The highest BCUT2D eigenvalue weighted by molar-refractivity contribution is 5.84. The van der Waals surface area contributed by atoms with Gasteiger partial charge in [0, 0.05) is 17.5 Å². The molecule has 0 fully saturated rings. The number of aromatic amines is 1. The molecule has 0 aliphatic heterocycles. The Morgan fingerprint density at radius 2 is 1.83 bits per heavy atom. The fourth-order valence-corrected chi connectivity index (χ4v) is 2.14. The molecule has 2 aromatic heterocycles. The number of hydrogen-bond donors (Lipinski definition) is 1. The number of nitrogens with zero attached hydrogens (tertiary/aromatic N) is 2. The average Bonchev–Trinajstić information content (AvgIpc) is 2.67. The molecule has 1 N–H and O–H groups in total. The first kappa shape index (κ1) is 11.0. The van der Waals surface area contributed by atoms with Crippen molar-refractivity contribution in [2.45, 2.75) is 13.8 Å². The highest BCUT2D eigenvalue weighted by Gasteiger charge is 2.11. The van der Waals surface area contributed by atoms with Gasteiger partial charge in [-0.15, -0.1) is 0 Å². The van der Waals surface area contributed by atoms with Gasteiger partial charge in [0.15, 0.2) is 0 Å². The molecule has 1 aromatic carbocycles. The zero-order valence-electron chi connectivity index (χ0n) is 10.4. The molecule has 3 heteroatoms. The van der Waals surface area contributed by atoms with E-state index >= 15 is 0 Å². The number of hydrogen-bond acceptors (Lipinski definition) is 2. The van der Waals surface area contributed by atoms with Crippen LogP contribution in [0.1, 0.15) is 22.5 Å². The molecule has 1 radical (unpaired) electrons. The van der Waals surface area contributed by atoms with E-state index < -0.39 is 0 Å². The van der Waals surface area contributed by atoms with Gasteiger partial charge in [0.25, 0.3) is 0 Å². The highest BCUT2D eigenvalue weighted by Crippen LogP contribution is 2.24. The summed E-state index contributed by atoms with van der Waals surface area (Å²) in [5, 5.41) is 1.11. The van der Waals surface area contributed by atoms with Crippen molar-refractivity contribution < 1.29 is 0 Å². The number of aryl methyl sites for hydroxylation is 2. The minimum Gasteiger partial charge on any atom is -0.343 e. The second-order valence-corrected chi connectivity index (χ2v) is 4.41. The van der Waals surface area contributed by atoms with Crippen molar-refractivity contribution in [1.82, 2.24) is 15.0 Å². The molecule has 0 aliphatic carbocycles. The van der Waals surface area contributed by atoms with Gasteiger partial charge < -0.3 is 4.98 Å². The maximum Gasteiger partial charge on any atom is 0.141 e. The summed E-state index contributed by atoms with van der Waals surface area (Å²) < 4.78 is 0. The topological polar surface area (TPSA) is 41.6 Å². The normalized spacial score (nSPS) is 11.0. The van der Waals surface area contributed by atoms with Crippen molar-refractivity contribution in [3.8, 4) is 0 Å². The number of H-pyrrole nitrogens is 1. The van der Waals surface area contributed by atoms with E-state index in [0.717, 1.165) is 28.0 Å². The monoisotopic (exact) mass is 236 g/mol. The minimum absolute atomic E-state index is 0.905. The lowest BCUT2D eigenvalue weighted by Crippen LogP contribution is -1.92. The van der Waals surface area contributed by atoms with Gasteiger partial charge >= 0.3 is 0 Å². The Morgan fingerprint density at radius 3 is 2.61 bits per heavy atom. The van der Waals surface area contributed by atoms with E-state index in [1.165, 1.54) is 5.56 Å². The molecular formula is C15H14N3. The lowest BCUT2D eigenvalue weighted by Gasteiger charge is -2.02. The third kappa shape index (κ3) is 1.78. The standard InChI is InChI=1S/C15H14N3/c1-10-11(2)18-15-14(10)13(16-9-17-15)8-12-6-4-3-5-7-12/h3-9H,1-2H3,(H,16,17,18). The van der Waals surface area contributed by atoms with Gasteiger partial charge in [0.2, 0.25) is 0 Å². The molecule has 89 valence electrons. The van der Waals surface area contributed by atoms with Gasteiger partial charge in [-0.05, 0) is 25.0 Å². The summed E-state index contributed by atoms with van der Waals surface area (Å²) in [4.78, 5) is 11.9. The average molecular weight is 236 g/mol. The minimum atomic E-state index is 0.905. The SMILES string of the molecule is Cc1[nH]c2ncnc([CH]c3ccccc3)c2c1C. The van der Waals surface area contributed by atoms with Crippen molar-refractivity contribution in [2.75, 3.05) is 0 Å². The Kier molecular flexibility index (Phi) is 2.59. The molecule has 0 spiro atoms. The highest BCUT2D eigenvalue weighted by atomic mass is 14.9. The van der Waals surface area contributed by atoms with E-state index in [0.29, 0.717) is 0 Å². The smallest absolute Gasteiger partial charge is 0.141 e. The summed E-state index contributed by atoms with van der Waals surface area (Å²) in [6.45, 7) is 4.16. The first-order valence-corrected chi connectivity index (χ1v) is 5.95. The third-order valence-electron chi connectivity index (χ3n) is 3.22. The summed E-state index contributed by atoms with van der Waals surface area (Å²) in [6.07, 6.45) is 3.69. The van der Waals surface area contributed by atoms with Crippen LogP contribution in [0.25, 0.3) is 11.0 Å². The van der Waals surface area contributed by atoms with Gasteiger partial charge in [-0.3, -0.25) is 0 Å². The van der Waals surface area contributed by atoms with E-state index in [1.54, 1.807) is 6.33 Å². The molecule has 18 heavy (non-hydrogen) atoms. The van der Waals surface area contributed by atoms with Crippen molar-refractivity contribution in [3.05, 3.63) is 65.6 Å². The number of benzene rings is 1. The van der Waals surface area contributed by atoms with E-state index in [2.05, 4.69) is 47.4 Å². The van der Waals surface area contributed by atoms with Crippen LogP contribution >= 0.6 is 0 Å². The largest absolute Gasteiger partial charge is 0.343 e. The molecule has 0 bridgehead atoms. The maximum atomic E-state index is 4.39. The van der Waals surface area contributed by atoms with Crippen LogP contribution in [0, 0.1) is 20.3 Å². The second kappa shape index (κ2) is 4.26. The van der Waals surface area contributed by atoms with Crippen LogP contribution < -0.4 is 0 Å². The van der Waals surface area contributed by atoms with Crippen molar-refractivity contribution in [2.24, 2.45) is 0 Å². The van der Waals surface area contributed by atoms with E-state index in [9.17, 15) is 0 Å². The van der Waals surface area contributed by atoms with Crippen molar-refractivity contribution in [1.29, 1.82) is 0 Å². The van der Waals surface area contributed by atoms with E-state index in [-0.39, 0.29) is 0 Å². The van der Waals surface area contributed by atoms with Gasteiger partial charge in [-0.1, -0.05) is 30.3 Å². The molecule has 0 unspecified atom stereocenters. The van der Waals surface area contributed by atoms with E-state index in [1.807, 2.05) is 18.2 Å². The quantitative estimate of drug-likeness (QED) is 0.742. The van der Waals surface area contributed by atoms with Crippen molar-refractivity contribution in [3.63, 3.8) is 0 Å². The van der Waals surface area contributed by atoms with Crippen LogP contribution in [0.4, 0.5) is 0 Å². The van der Waals surface area contributed by atoms with Gasteiger partial charge in [0.05, 0.1) is 5.69 Å². The van der Waals surface area contributed by atoms with Gasteiger partial charge in [-0.2, -0.15) is 0 Å². The Bertz CT molecular complexity index is 684. The first-order valence-electron chi connectivity index (χ1n) is 5.95. The summed E-state index contributed by atoms with van der Waals surface area (Å²) in [5.41, 5.74) is 5.38. The van der Waals surface area contributed by atoms with Crippen LogP contribution in [0.2, 0.25) is 0 Å². The first-order chi connectivity index (χ1) is 8.75. The number of rotatable bonds is 2. The summed E-state index contributed by atoms with van der Waals surface area (Å²) in [7, 11) is 0. The van der Waals surface area contributed by atoms with Gasteiger partial charge in [-0.25, -0.2) is 9.97 Å². The molecule has 3 rings (SSSR count). The molecule has 0 amide bonds. The van der Waals surface area contributed by atoms with Crippen LogP contribution in [-0.2, 0) is 0 Å². The predicted octanol–water partition coefficient (Wildman–Crippen LogP) is 3.18. The fourth-order valence-electron chi connectivity index (χ4n) is 2.14. The molecule has 0 saturated carbocycles. The van der Waals surface area contributed by atoms with Gasteiger partial charge in [0.1, 0.15) is 12.0 Å². The number of nitrogens with one attached hydrogen (secondary N) is 1. The maximum absolute atomic E-state index is 4.39. The molecular weight excluding hydrogens is 222 g/mol. The summed E-state index contributed by atoms with van der Waals surface area (Å²) >= 11 is 0. The Balaban J connectivity index is 2.12.